The number of hydrogen-bond donors (Lipinski definition) is 6. The van der Waals surface area contributed by atoms with Crippen molar-refractivity contribution in [3.63, 3.8) is 0 Å². The maximum Gasteiger partial charge on any atom is 0.271 e. The van der Waals surface area contributed by atoms with Gasteiger partial charge in [0.25, 0.3) is 11.8 Å². The van der Waals surface area contributed by atoms with Crippen LogP contribution in [0.15, 0.2) is 48.5 Å². The van der Waals surface area contributed by atoms with Crippen molar-refractivity contribution in [2.45, 2.75) is 32.4 Å². The van der Waals surface area contributed by atoms with Gasteiger partial charge in [-0.15, -0.1) is 20.4 Å². The van der Waals surface area contributed by atoms with Crippen molar-refractivity contribution in [2.24, 2.45) is 17.2 Å². The zero-order valence-electron chi connectivity index (χ0n) is 23.4. The van der Waals surface area contributed by atoms with Crippen molar-refractivity contribution in [2.75, 3.05) is 29.2 Å². The Morgan fingerprint density at radius 1 is 0.837 bits per heavy atom. The number of nitrogens with two attached hydrogens (primary N) is 3. The minimum Gasteiger partial charge on any atom is -0.380 e. The van der Waals surface area contributed by atoms with Gasteiger partial charge in [-0.1, -0.05) is 23.7 Å². The highest BCUT2D eigenvalue weighted by Crippen LogP contribution is 2.23. The number of halogens is 1. The van der Waals surface area contributed by atoms with Crippen LogP contribution in [0.25, 0.3) is 0 Å². The van der Waals surface area contributed by atoms with E-state index in [2.05, 4.69) is 46.3 Å². The maximum atomic E-state index is 11.6. The van der Waals surface area contributed by atoms with Crippen molar-refractivity contribution in [1.82, 2.24) is 30.4 Å². The lowest BCUT2D eigenvalue weighted by molar-refractivity contribution is 0.0751. The average molecular weight is 607 g/mol. The Labute approximate surface area is 252 Å². The third-order valence-electron chi connectivity index (χ3n) is 6.06. The normalized spacial score (nSPS) is 15.9. The Balaban J connectivity index is 0.000000208. The van der Waals surface area contributed by atoms with Crippen LogP contribution < -0.4 is 33.2 Å². The number of aryl methyl sites for hydroxylation is 2. The third-order valence-corrected chi connectivity index (χ3v) is 6.25. The largest absolute Gasteiger partial charge is 0.380 e. The highest BCUT2D eigenvalue weighted by Gasteiger charge is 2.23. The van der Waals surface area contributed by atoms with E-state index in [1.165, 1.54) is 6.07 Å². The van der Waals surface area contributed by atoms with Gasteiger partial charge < -0.3 is 37.9 Å². The Hall–Kier alpha value is -4.99. The van der Waals surface area contributed by atoms with Crippen LogP contribution in [0.2, 0.25) is 5.15 Å². The van der Waals surface area contributed by atoms with Gasteiger partial charge in [0, 0.05) is 42.2 Å². The molecular weight excluding hydrogens is 576 g/mol. The summed E-state index contributed by atoms with van der Waals surface area (Å²) in [5.41, 5.74) is 19.2. The highest BCUT2D eigenvalue weighted by atomic mass is 35.5. The molecule has 1 aliphatic rings. The summed E-state index contributed by atoms with van der Waals surface area (Å²) in [5.74, 6) is 0.305. The van der Waals surface area contributed by atoms with Gasteiger partial charge in [-0.25, -0.2) is 9.97 Å². The second kappa shape index (κ2) is 14.3. The lowest BCUT2D eigenvalue weighted by Gasteiger charge is -2.29. The van der Waals surface area contributed by atoms with Gasteiger partial charge in [-0.05, 0) is 44.5 Å². The first-order valence-corrected chi connectivity index (χ1v) is 13.5. The van der Waals surface area contributed by atoms with Crippen LogP contribution in [-0.2, 0) is 4.74 Å². The number of nitrogens with one attached hydrogen (secondary N) is 3. The molecule has 4 aromatic rings. The van der Waals surface area contributed by atoms with E-state index in [-0.39, 0.29) is 28.6 Å². The minimum atomic E-state index is -0.686. The summed E-state index contributed by atoms with van der Waals surface area (Å²) in [6.45, 7) is 4.86. The van der Waals surface area contributed by atoms with Crippen LogP contribution >= 0.6 is 11.6 Å². The summed E-state index contributed by atoms with van der Waals surface area (Å²) in [4.78, 5) is 31.4. The van der Waals surface area contributed by atoms with E-state index in [4.69, 9.17) is 33.5 Å². The molecule has 224 valence electrons. The molecule has 15 nitrogen and oxygen atoms in total. The van der Waals surface area contributed by atoms with Crippen LogP contribution in [0, 0.1) is 13.8 Å². The number of pyridine rings is 2. The molecule has 1 saturated heterocycles. The number of nitrogens with zero attached hydrogens (tertiary/aromatic N) is 6. The van der Waals surface area contributed by atoms with Crippen molar-refractivity contribution >= 4 is 52.2 Å². The van der Waals surface area contributed by atoms with Crippen LogP contribution in [0.1, 0.15) is 38.8 Å². The fourth-order valence-electron chi connectivity index (χ4n) is 4.02. The predicted octanol–water partition coefficient (Wildman–Crippen LogP) is 2.23. The van der Waals surface area contributed by atoms with Crippen LogP contribution in [0.3, 0.4) is 0 Å². The molecule has 43 heavy (non-hydrogen) atoms. The molecule has 0 aliphatic carbocycles. The summed E-state index contributed by atoms with van der Waals surface area (Å²) in [6, 6.07) is 14.0. The molecule has 2 atom stereocenters. The number of ether oxygens (including phenoxy) is 1. The van der Waals surface area contributed by atoms with E-state index in [0.29, 0.717) is 42.0 Å². The number of carbonyl (C=O) groups is 2. The van der Waals surface area contributed by atoms with E-state index < -0.39 is 11.8 Å². The number of carbonyl (C=O) groups excluding carboxylic acids is 2. The fourth-order valence-corrected chi connectivity index (χ4v) is 4.16. The first-order valence-electron chi connectivity index (χ1n) is 13.1. The molecule has 9 N–H and O–H groups in total. The molecule has 0 spiro atoms. The lowest BCUT2D eigenvalue weighted by Crippen LogP contribution is -2.47. The van der Waals surface area contributed by atoms with E-state index in [9.17, 15) is 9.59 Å². The maximum absolute atomic E-state index is 11.6. The summed E-state index contributed by atoms with van der Waals surface area (Å²) in [6.07, 6.45) is 0.766. The van der Waals surface area contributed by atoms with Gasteiger partial charge in [0.1, 0.15) is 11.6 Å². The van der Waals surface area contributed by atoms with E-state index in [1.807, 2.05) is 38.1 Å². The predicted molar refractivity (Wildman–Crippen MR) is 161 cm³/mol. The van der Waals surface area contributed by atoms with Gasteiger partial charge in [0.2, 0.25) is 0 Å². The molecule has 2 amide bonds. The van der Waals surface area contributed by atoms with Crippen molar-refractivity contribution in [1.29, 1.82) is 0 Å². The summed E-state index contributed by atoms with van der Waals surface area (Å²) in [7, 11) is 0. The van der Waals surface area contributed by atoms with Crippen LogP contribution in [0.5, 0.6) is 0 Å². The third kappa shape index (κ3) is 8.75. The van der Waals surface area contributed by atoms with Gasteiger partial charge >= 0.3 is 0 Å². The number of aromatic nitrogens is 6. The van der Waals surface area contributed by atoms with E-state index >= 15 is 0 Å². The molecule has 1 fully saturated rings. The molecule has 4 aromatic heterocycles. The first-order chi connectivity index (χ1) is 20.6. The van der Waals surface area contributed by atoms with Crippen LogP contribution in [-0.4, -0.2) is 67.5 Å². The second-order valence-corrected chi connectivity index (χ2v) is 9.89. The monoisotopic (exact) mass is 606 g/mol. The molecule has 16 heteroatoms. The quantitative estimate of drug-likeness (QED) is 0.169. The van der Waals surface area contributed by atoms with Gasteiger partial charge in [-0.3, -0.25) is 9.59 Å². The SMILES string of the molecule is Cc1cccc(Nc2cc(Cl)nnc2C(N)=O)n1.Cc1cccc(Nc2cc(N[C@@H]3CCOC[C@@H]3N)nnc2C(N)=O)n1. The van der Waals surface area contributed by atoms with E-state index in [0.717, 1.165) is 17.8 Å². The smallest absolute Gasteiger partial charge is 0.271 e. The molecule has 5 heterocycles. The van der Waals surface area contributed by atoms with Crippen molar-refractivity contribution in [3.05, 3.63) is 76.5 Å². The fraction of sp³-hybridized carbons (Fsp3) is 0.259. The molecular formula is C27H31ClN12O3. The molecule has 0 bridgehead atoms. The molecule has 0 radical (unpaired) electrons. The zero-order valence-corrected chi connectivity index (χ0v) is 24.2. The van der Waals surface area contributed by atoms with Crippen molar-refractivity contribution < 1.29 is 14.3 Å². The number of amides is 2. The topological polar surface area (TPSA) is 235 Å². The van der Waals surface area contributed by atoms with E-state index in [1.54, 1.807) is 18.2 Å². The summed E-state index contributed by atoms with van der Waals surface area (Å²) >= 11 is 5.73. The molecule has 5 rings (SSSR count). The highest BCUT2D eigenvalue weighted by molar-refractivity contribution is 6.29. The Kier molecular flexibility index (Phi) is 10.3. The lowest BCUT2D eigenvalue weighted by atomic mass is 10.0. The Bertz CT molecular complexity index is 1610. The second-order valence-electron chi connectivity index (χ2n) is 9.51. The Morgan fingerprint density at radius 3 is 1.93 bits per heavy atom. The number of rotatable bonds is 8. The Morgan fingerprint density at radius 2 is 1.40 bits per heavy atom. The number of primary amides is 2. The van der Waals surface area contributed by atoms with Crippen molar-refractivity contribution in [3.8, 4) is 0 Å². The molecule has 1 aliphatic heterocycles. The van der Waals surface area contributed by atoms with Gasteiger partial charge in [0.05, 0.1) is 18.0 Å². The first kappa shape index (κ1) is 31.0. The number of hydrogen-bond acceptors (Lipinski definition) is 13. The van der Waals surface area contributed by atoms with Crippen LogP contribution in [0.4, 0.5) is 28.8 Å². The molecule has 0 saturated carbocycles. The minimum absolute atomic E-state index is 0.0164. The average Bonchev–Trinajstić information content (AvgIpc) is 2.95. The summed E-state index contributed by atoms with van der Waals surface area (Å²) < 4.78 is 5.33. The zero-order chi connectivity index (χ0) is 30.9. The molecule has 0 unspecified atom stereocenters. The standard InChI is InChI=1S/C16H21N7O2.C11H10ClN5O/c1-9-3-2-4-13(19-9)21-12-7-14(22-23-15(12)16(18)24)20-11-5-6-25-8-10(11)17;1-6-3-2-4-9(14-6)15-7-5-8(12)16-17-10(7)11(13)18/h2-4,7,10-11H,5-6,8,17H2,1H3,(H2,18,24)(H2,19,20,21,22);2-5H,1H3,(H2,13,18)(H,14,15,16)/t10-,11+;/m0./s1. The van der Waals surface area contributed by atoms with Gasteiger partial charge in [-0.2, -0.15) is 0 Å². The molecule has 0 aromatic carbocycles. The summed E-state index contributed by atoms with van der Waals surface area (Å²) in [5, 5.41) is 24.6. The van der Waals surface area contributed by atoms with Gasteiger partial charge in [0.15, 0.2) is 22.4 Å². The number of anilines is 5.